The molecular formula is C17H20BrN. The molecule has 2 heteroatoms. The summed E-state index contributed by atoms with van der Waals surface area (Å²) in [6.45, 7) is 3.23. The zero-order chi connectivity index (χ0) is 13.2. The van der Waals surface area contributed by atoms with E-state index in [2.05, 4.69) is 58.5 Å². The number of hydrogen-bond donors (Lipinski definition) is 1. The molecule has 1 unspecified atom stereocenters. The van der Waals surface area contributed by atoms with Crippen molar-refractivity contribution in [2.24, 2.45) is 0 Å². The van der Waals surface area contributed by atoms with E-state index >= 15 is 0 Å². The van der Waals surface area contributed by atoms with Gasteiger partial charge >= 0.3 is 0 Å². The lowest BCUT2D eigenvalue weighted by Crippen LogP contribution is -2.21. The summed E-state index contributed by atoms with van der Waals surface area (Å²) in [7, 11) is 0. The molecule has 3 rings (SSSR count). The Balaban J connectivity index is 2.22. The second-order valence-corrected chi connectivity index (χ2v) is 6.18. The molecule has 1 nitrogen and oxygen atoms in total. The molecule has 0 saturated carbocycles. The molecule has 19 heavy (non-hydrogen) atoms. The van der Waals surface area contributed by atoms with Crippen LogP contribution in [0.5, 0.6) is 0 Å². The van der Waals surface area contributed by atoms with Crippen molar-refractivity contribution >= 4 is 26.7 Å². The smallest absolute Gasteiger partial charge is 0.0323 e. The third-order valence-electron chi connectivity index (χ3n) is 4.14. The number of aryl methyl sites for hydroxylation is 1. The Morgan fingerprint density at radius 2 is 2.00 bits per heavy atom. The van der Waals surface area contributed by atoms with E-state index in [1.807, 2.05) is 0 Å². The summed E-state index contributed by atoms with van der Waals surface area (Å²) in [6.07, 6.45) is 5.09. The fourth-order valence-corrected chi connectivity index (χ4v) is 3.86. The van der Waals surface area contributed by atoms with E-state index in [0.717, 1.165) is 6.54 Å². The van der Waals surface area contributed by atoms with Crippen LogP contribution in [0.3, 0.4) is 0 Å². The normalized spacial score (nSPS) is 19.2. The van der Waals surface area contributed by atoms with E-state index in [-0.39, 0.29) is 0 Å². The van der Waals surface area contributed by atoms with Crippen LogP contribution in [-0.4, -0.2) is 6.54 Å². The van der Waals surface area contributed by atoms with Gasteiger partial charge in [-0.05, 0) is 53.8 Å². The summed E-state index contributed by atoms with van der Waals surface area (Å²) in [5.41, 5.74) is 3.06. The summed E-state index contributed by atoms with van der Waals surface area (Å²) >= 11 is 3.75. The first-order valence-corrected chi connectivity index (χ1v) is 8.04. The van der Waals surface area contributed by atoms with Crippen LogP contribution in [0.2, 0.25) is 0 Å². The highest BCUT2D eigenvalue weighted by atomic mass is 79.9. The van der Waals surface area contributed by atoms with Gasteiger partial charge in [-0.3, -0.25) is 0 Å². The first kappa shape index (κ1) is 13.1. The number of benzene rings is 2. The van der Waals surface area contributed by atoms with Crippen LogP contribution >= 0.6 is 15.9 Å². The standard InChI is InChI=1S/C17H20BrN/c1-2-19-17-10-6-5-8-13-12-7-3-4-9-14(12)16(18)11-15(13)17/h3-4,7,9,11,17,19H,2,5-6,8,10H2,1H3. The molecule has 0 aliphatic heterocycles. The minimum atomic E-state index is 0.517. The first-order chi connectivity index (χ1) is 9.31. The summed E-state index contributed by atoms with van der Waals surface area (Å²) < 4.78 is 1.23. The van der Waals surface area contributed by atoms with Crippen LogP contribution in [0.15, 0.2) is 34.8 Å². The van der Waals surface area contributed by atoms with Crippen LogP contribution < -0.4 is 5.32 Å². The molecule has 0 heterocycles. The average Bonchev–Trinajstić information content (AvgIpc) is 2.63. The number of fused-ring (bicyclic) bond motifs is 3. The van der Waals surface area contributed by atoms with Gasteiger partial charge in [0.25, 0.3) is 0 Å². The molecule has 1 atom stereocenters. The van der Waals surface area contributed by atoms with Crippen LogP contribution in [0.4, 0.5) is 0 Å². The zero-order valence-corrected chi connectivity index (χ0v) is 13.0. The van der Waals surface area contributed by atoms with Crippen LogP contribution in [-0.2, 0) is 6.42 Å². The minimum absolute atomic E-state index is 0.517. The van der Waals surface area contributed by atoms with Gasteiger partial charge in [0, 0.05) is 10.5 Å². The molecule has 100 valence electrons. The lowest BCUT2D eigenvalue weighted by atomic mass is 9.93. The van der Waals surface area contributed by atoms with E-state index in [1.54, 1.807) is 5.56 Å². The molecule has 0 bridgehead atoms. The van der Waals surface area contributed by atoms with Crippen LogP contribution in [0.1, 0.15) is 43.4 Å². The van der Waals surface area contributed by atoms with E-state index < -0.39 is 0 Å². The molecule has 2 aromatic rings. The fourth-order valence-electron chi connectivity index (χ4n) is 3.27. The zero-order valence-electron chi connectivity index (χ0n) is 11.4. The molecular weight excluding hydrogens is 298 g/mol. The van der Waals surface area contributed by atoms with Crippen molar-refractivity contribution in [2.75, 3.05) is 6.54 Å². The SMILES string of the molecule is CCNC1CCCCc2c1cc(Br)c1ccccc21. The second-order valence-electron chi connectivity index (χ2n) is 5.33. The molecule has 1 aliphatic rings. The van der Waals surface area contributed by atoms with Gasteiger partial charge in [0.05, 0.1) is 0 Å². The highest BCUT2D eigenvalue weighted by Crippen LogP contribution is 2.37. The average molecular weight is 318 g/mol. The largest absolute Gasteiger partial charge is 0.310 e. The van der Waals surface area contributed by atoms with Crippen molar-refractivity contribution in [2.45, 2.75) is 38.6 Å². The van der Waals surface area contributed by atoms with Gasteiger partial charge in [-0.15, -0.1) is 0 Å². The van der Waals surface area contributed by atoms with Crippen molar-refractivity contribution < 1.29 is 0 Å². The monoisotopic (exact) mass is 317 g/mol. The van der Waals surface area contributed by atoms with E-state index in [1.165, 1.54) is 46.5 Å². The van der Waals surface area contributed by atoms with Crippen molar-refractivity contribution in [1.29, 1.82) is 0 Å². The van der Waals surface area contributed by atoms with Crippen molar-refractivity contribution in [3.8, 4) is 0 Å². The fraction of sp³-hybridized carbons (Fsp3) is 0.412. The molecule has 2 aromatic carbocycles. The van der Waals surface area contributed by atoms with Gasteiger partial charge < -0.3 is 5.32 Å². The highest BCUT2D eigenvalue weighted by Gasteiger charge is 2.20. The lowest BCUT2D eigenvalue weighted by Gasteiger charge is -2.20. The van der Waals surface area contributed by atoms with E-state index in [4.69, 9.17) is 0 Å². The predicted molar refractivity (Wildman–Crippen MR) is 85.6 cm³/mol. The molecule has 0 spiro atoms. The van der Waals surface area contributed by atoms with Gasteiger partial charge in [0.1, 0.15) is 0 Å². The van der Waals surface area contributed by atoms with Gasteiger partial charge in [0.15, 0.2) is 0 Å². The topological polar surface area (TPSA) is 12.0 Å². The summed E-state index contributed by atoms with van der Waals surface area (Å²) in [6, 6.07) is 11.6. The van der Waals surface area contributed by atoms with Gasteiger partial charge in [-0.2, -0.15) is 0 Å². The molecule has 1 aliphatic carbocycles. The van der Waals surface area contributed by atoms with E-state index in [9.17, 15) is 0 Å². The van der Waals surface area contributed by atoms with Crippen molar-refractivity contribution in [1.82, 2.24) is 5.32 Å². The maximum absolute atomic E-state index is 3.75. The maximum Gasteiger partial charge on any atom is 0.0323 e. The number of rotatable bonds is 2. The minimum Gasteiger partial charge on any atom is -0.310 e. The molecule has 0 saturated heterocycles. The summed E-state index contributed by atoms with van der Waals surface area (Å²) in [5, 5.41) is 6.42. The molecule has 1 N–H and O–H groups in total. The number of hydrogen-bond acceptors (Lipinski definition) is 1. The molecule has 0 fully saturated rings. The Bertz CT molecular complexity index is 591. The number of halogens is 1. The molecule has 0 aromatic heterocycles. The van der Waals surface area contributed by atoms with Gasteiger partial charge in [-0.25, -0.2) is 0 Å². The molecule has 0 radical (unpaired) electrons. The summed E-state index contributed by atoms with van der Waals surface area (Å²) in [4.78, 5) is 0. The quantitative estimate of drug-likeness (QED) is 0.770. The predicted octanol–water partition coefficient (Wildman–Crippen LogP) is 4.98. The Morgan fingerprint density at radius 3 is 2.79 bits per heavy atom. The summed E-state index contributed by atoms with van der Waals surface area (Å²) in [5.74, 6) is 0. The third-order valence-corrected chi connectivity index (χ3v) is 4.79. The Kier molecular flexibility index (Phi) is 3.90. The van der Waals surface area contributed by atoms with Crippen LogP contribution in [0.25, 0.3) is 10.8 Å². The third kappa shape index (κ3) is 2.44. The lowest BCUT2D eigenvalue weighted by molar-refractivity contribution is 0.504. The first-order valence-electron chi connectivity index (χ1n) is 7.24. The van der Waals surface area contributed by atoms with Crippen LogP contribution in [0, 0.1) is 0 Å². The second kappa shape index (κ2) is 5.64. The van der Waals surface area contributed by atoms with Gasteiger partial charge in [0.2, 0.25) is 0 Å². The van der Waals surface area contributed by atoms with Crippen molar-refractivity contribution in [3.05, 3.63) is 45.9 Å². The number of nitrogens with one attached hydrogen (secondary N) is 1. The molecule has 0 amide bonds. The van der Waals surface area contributed by atoms with E-state index in [0.29, 0.717) is 6.04 Å². The van der Waals surface area contributed by atoms with Gasteiger partial charge in [-0.1, -0.05) is 53.5 Å². The highest BCUT2D eigenvalue weighted by molar-refractivity contribution is 9.10. The maximum atomic E-state index is 3.75. The Morgan fingerprint density at radius 1 is 1.21 bits per heavy atom. The Hall–Kier alpha value is -0.860. The Labute approximate surface area is 123 Å². The van der Waals surface area contributed by atoms with Crippen molar-refractivity contribution in [3.63, 3.8) is 0 Å².